The van der Waals surface area contributed by atoms with E-state index in [-0.39, 0.29) is 12.8 Å². The Bertz CT molecular complexity index is 1420. The number of allylic oxidation sites excluding steroid dienone is 2. The summed E-state index contributed by atoms with van der Waals surface area (Å²) in [7, 11) is -16.6. The average Bonchev–Trinajstić information content (AvgIpc) is 3.23. The number of unbranched alkanes of at least 4 members (excludes halogenated alkanes) is 23. The summed E-state index contributed by atoms with van der Waals surface area (Å²) in [5, 5.41) is 31.9. The number of ether oxygens (including phenoxy) is 2. The molecule has 0 aromatic heterocycles. The number of carbonyl (C=O) groups excluding carboxylic acids is 2. The third-order valence-electron chi connectivity index (χ3n) is 11.1. The molecule has 65 heavy (non-hydrogen) atoms. The van der Waals surface area contributed by atoms with E-state index in [0.29, 0.717) is 12.8 Å². The highest BCUT2D eigenvalue weighted by Gasteiger charge is 2.56. The standard InChI is InChI=1S/C43H83O19P3/c1-3-5-7-9-11-13-15-17-18-20-22-24-26-28-30-32-37(45)59-35(33-57-36(44)31-29-27-25-23-21-19-16-14-12-10-8-6-4-2)34-58-65(55,56)62-41-38(46)39(47)42(60-63(49,50)51)43(40(41)48)61-64(52,53)54/h14,16,35,38-43,46-48H,3-13,15,17-34H2,1-2H3,(H,55,56)(H2,49,50,51)(H2,52,53,54)/b16-14-/t35-,38?,39?,40?,41+,42?,43+/m1/s1. The van der Waals surface area contributed by atoms with Gasteiger partial charge in [0.05, 0.1) is 6.61 Å². The van der Waals surface area contributed by atoms with Crippen molar-refractivity contribution in [3.63, 3.8) is 0 Å². The summed E-state index contributed by atoms with van der Waals surface area (Å²) in [4.78, 5) is 73.1. The molecule has 1 aliphatic carbocycles. The molecule has 22 heteroatoms. The van der Waals surface area contributed by atoms with Gasteiger partial charge < -0.3 is 49.3 Å². The van der Waals surface area contributed by atoms with E-state index in [0.717, 1.165) is 64.2 Å². The number of carbonyl (C=O) groups is 2. The zero-order chi connectivity index (χ0) is 48.6. The molecule has 19 nitrogen and oxygen atoms in total. The zero-order valence-electron chi connectivity index (χ0n) is 38.8. The highest BCUT2D eigenvalue weighted by atomic mass is 31.2. The largest absolute Gasteiger partial charge is 0.472 e. The van der Waals surface area contributed by atoms with Gasteiger partial charge in [-0.15, -0.1) is 0 Å². The molecule has 0 aromatic carbocycles. The first-order valence-corrected chi connectivity index (χ1v) is 28.5. The smallest absolute Gasteiger partial charge is 0.462 e. The van der Waals surface area contributed by atoms with Crippen LogP contribution in [0.2, 0.25) is 0 Å². The van der Waals surface area contributed by atoms with Gasteiger partial charge in [0, 0.05) is 12.8 Å². The van der Waals surface area contributed by atoms with E-state index < -0.39 is 91.3 Å². The van der Waals surface area contributed by atoms with Crippen LogP contribution in [0.4, 0.5) is 0 Å². The first kappa shape index (κ1) is 61.9. The molecule has 1 rings (SSSR count). The molecule has 384 valence electrons. The lowest BCUT2D eigenvalue weighted by Gasteiger charge is -2.44. The monoisotopic (exact) mass is 996 g/mol. The molecule has 0 amide bonds. The Morgan fingerprint density at radius 3 is 1.29 bits per heavy atom. The molecule has 0 bridgehead atoms. The molecule has 0 spiro atoms. The van der Waals surface area contributed by atoms with Crippen molar-refractivity contribution in [3.05, 3.63) is 12.2 Å². The van der Waals surface area contributed by atoms with E-state index in [1.165, 1.54) is 89.9 Å². The maximum Gasteiger partial charge on any atom is 0.472 e. The fourth-order valence-electron chi connectivity index (χ4n) is 7.46. The normalized spacial score (nSPS) is 21.9. The van der Waals surface area contributed by atoms with Crippen molar-refractivity contribution in [2.24, 2.45) is 0 Å². The van der Waals surface area contributed by atoms with Gasteiger partial charge >= 0.3 is 35.4 Å². The Labute approximate surface area is 386 Å². The van der Waals surface area contributed by atoms with Crippen LogP contribution in [0, 0.1) is 0 Å². The molecule has 1 aliphatic rings. The number of phosphoric ester groups is 3. The third-order valence-corrected chi connectivity index (χ3v) is 13.1. The van der Waals surface area contributed by atoms with Crippen molar-refractivity contribution in [1.82, 2.24) is 0 Å². The molecule has 0 aliphatic heterocycles. The molecular formula is C43H83O19P3. The van der Waals surface area contributed by atoms with Crippen molar-refractivity contribution in [3.8, 4) is 0 Å². The second kappa shape index (κ2) is 35.9. The fraction of sp³-hybridized carbons (Fsp3) is 0.907. The second-order valence-corrected chi connectivity index (χ2v) is 20.8. The summed E-state index contributed by atoms with van der Waals surface area (Å²) in [6.07, 6.45) is 16.6. The maximum atomic E-state index is 13.1. The lowest BCUT2D eigenvalue weighted by molar-refractivity contribution is -0.213. The van der Waals surface area contributed by atoms with Crippen LogP contribution in [0.5, 0.6) is 0 Å². The lowest BCUT2D eigenvalue weighted by atomic mass is 9.85. The number of esters is 2. The first-order chi connectivity index (χ1) is 30.8. The Morgan fingerprint density at radius 1 is 0.477 bits per heavy atom. The summed E-state index contributed by atoms with van der Waals surface area (Å²) < 4.78 is 65.4. The summed E-state index contributed by atoms with van der Waals surface area (Å²) in [5.74, 6) is -1.30. The van der Waals surface area contributed by atoms with E-state index in [1.54, 1.807) is 0 Å². The van der Waals surface area contributed by atoms with E-state index >= 15 is 0 Å². The quantitative estimate of drug-likeness (QED) is 0.0123. The Morgan fingerprint density at radius 2 is 0.846 bits per heavy atom. The highest BCUT2D eigenvalue weighted by molar-refractivity contribution is 7.47. The van der Waals surface area contributed by atoms with Crippen molar-refractivity contribution in [2.45, 2.75) is 236 Å². The summed E-state index contributed by atoms with van der Waals surface area (Å²) in [5.41, 5.74) is 0. The fourth-order valence-corrected chi connectivity index (χ4v) is 9.56. The number of hydrogen-bond donors (Lipinski definition) is 8. The van der Waals surface area contributed by atoms with Crippen LogP contribution in [0.1, 0.15) is 194 Å². The maximum absolute atomic E-state index is 13.1. The van der Waals surface area contributed by atoms with Gasteiger partial charge in [-0.2, -0.15) is 0 Å². The van der Waals surface area contributed by atoms with Crippen molar-refractivity contribution in [1.29, 1.82) is 0 Å². The zero-order valence-corrected chi connectivity index (χ0v) is 41.5. The third kappa shape index (κ3) is 32.4. The van der Waals surface area contributed by atoms with E-state index in [9.17, 15) is 63.1 Å². The minimum Gasteiger partial charge on any atom is -0.462 e. The molecular weight excluding hydrogens is 913 g/mol. The van der Waals surface area contributed by atoms with E-state index in [4.69, 9.17) is 18.5 Å². The van der Waals surface area contributed by atoms with E-state index in [2.05, 4.69) is 35.0 Å². The van der Waals surface area contributed by atoms with Crippen LogP contribution in [0.25, 0.3) is 0 Å². The van der Waals surface area contributed by atoms with Crippen LogP contribution >= 0.6 is 23.5 Å². The number of aliphatic hydroxyl groups is 3. The van der Waals surface area contributed by atoms with Crippen molar-refractivity contribution in [2.75, 3.05) is 13.2 Å². The van der Waals surface area contributed by atoms with Gasteiger partial charge in [-0.05, 0) is 38.5 Å². The van der Waals surface area contributed by atoms with Gasteiger partial charge in [0.2, 0.25) is 0 Å². The predicted molar refractivity (Wildman–Crippen MR) is 243 cm³/mol. The van der Waals surface area contributed by atoms with Crippen LogP contribution in [-0.2, 0) is 50.9 Å². The minimum atomic E-state index is -5.60. The van der Waals surface area contributed by atoms with Gasteiger partial charge in [0.25, 0.3) is 0 Å². The molecule has 5 unspecified atom stereocenters. The predicted octanol–water partition coefficient (Wildman–Crippen LogP) is 8.51. The number of aliphatic hydroxyl groups excluding tert-OH is 3. The van der Waals surface area contributed by atoms with Gasteiger partial charge in [0.15, 0.2) is 6.10 Å². The molecule has 0 aromatic rings. The minimum absolute atomic E-state index is 0.00188. The van der Waals surface area contributed by atoms with Gasteiger partial charge in [-0.25, -0.2) is 13.7 Å². The van der Waals surface area contributed by atoms with Crippen LogP contribution in [0.15, 0.2) is 12.2 Å². The van der Waals surface area contributed by atoms with Crippen LogP contribution in [-0.4, -0.2) is 108 Å². The molecule has 0 saturated heterocycles. The average molecular weight is 997 g/mol. The first-order valence-electron chi connectivity index (χ1n) is 24.0. The molecule has 8 atom stereocenters. The topological polar surface area (TPSA) is 303 Å². The van der Waals surface area contributed by atoms with E-state index in [1.807, 2.05) is 0 Å². The van der Waals surface area contributed by atoms with Crippen molar-refractivity contribution >= 4 is 35.4 Å². The van der Waals surface area contributed by atoms with Crippen LogP contribution in [0.3, 0.4) is 0 Å². The molecule has 8 N–H and O–H groups in total. The Hall–Kier alpha value is -1.11. The Kier molecular flexibility index (Phi) is 34.2. The molecule has 1 saturated carbocycles. The molecule has 0 heterocycles. The van der Waals surface area contributed by atoms with Crippen molar-refractivity contribution < 1.29 is 90.6 Å². The number of phosphoric acid groups is 3. The highest BCUT2D eigenvalue weighted by Crippen LogP contribution is 2.51. The summed E-state index contributed by atoms with van der Waals surface area (Å²) in [6.45, 7) is 2.93. The van der Waals surface area contributed by atoms with Gasteiger partial charge in [0.1, 0.15) is 43.2 Å². The number of hydrogen-bond acceptors (Lipinski definition) is 14. The van der Waals surface area contributed by atoms with Crippen LogP contribution < -0.4 is 0 Å². The molecule has 0 radical (unpaired) electrons. The summed E-state index contributed by atoms with van der Waals surface area (Å²) in [6, 6.07) is 0. The summed E-state index contributed by atoms with van der Waals surface area (Å²) >= 11 is 0. The lowest BCUT2D eigenvalue weighted by Crippen LogP contribution is -2.65. The van der Waals surface area contributed by atoms with Gasteiger partial charge in [-0.1, -0.05) is 154 Å². The number of rotatable bonds is 41. The molecule has 1 fully saturated rings. The Balaban J connectivity index is 2.73. The second-order valence-electron chi connectivity index (χ2n) is 17.0. The van der Waals surface area contributed by atoms with Gasteiger partial charge in [-0.3, -0.25) is 27.7 Å². The SMILES string of the molecule is CCCCCC/C=C\CCCCCCCC(=O)OC[C@H](COP(=O)(O)O[C@H]1C(O)C(O)C(OP(=O)(O)O)[C@@H](OP(=O)(O)O)C1O)OC(=O)CCCCCCCCCCCCCCCCC.